The van der Waals surface area contributed by atoms with Crippen molar-refractivity contribution in [3.05, 3.63) is 29.2 Å². The summed E-state index contributed by atoms with van der Waals surface area (Å²) in [6, 6.07) is 2.22. The molecule has 0 spiro atoms. The summed E-state index contributed by atoms with van der Waals surface area (Å²) in [6.45, 7) is 4.76. The minimum atomic E-state index is -0.0804. The van der Waals surface area contributed by atoms with Crippen LogP contribution in [-0.4, -0.2) is 44.5 Å². The first-order valence-electron chi connectivity index (χ1n) is 9.62. The van der Waals surface area contributed by atoms with Gasteiger partial charge in [0, 0.05) is 25.4 Å². The summed E-state index contributed by atoms with van der Waals surface area (Å²) in [5, 5.41) is 14.7. The molecule has 2 aromatic heterocycles. The minimum Gasteiger partial charge on any atom is -0.328 e. The number of nitrogens with one attached hydrogen (secondary N) is 2. The predicted octanol–water partition coefficient (Wildman–Crippen LogP) is 3.82. The lowest BCUT2D eigenvalue weighted by molar-refractivity contribution is 0.221. The molecule has 0 aromatic carbocycles. The second kappa shape index (κ2) is 8.38. The number of rotatable bonds is 6. The maximum Gasteiger partial charge on any atom is 0.322 e. The lowest BCUT2D eigenvalue weighted by atomic mass is 9.96. The van der Waals surface area contributed by atoms with E-state index in [1.165, 1.54) is 24.8 Å². The fourth-order valence-electron chi connectivity index (χ4n) is 3.77. The Morgan fingerprint density at radius 3 is 2.81 bits per heavy atom. The second-order valence-corrected chi connectivity index (χ2v) is 7.32. The Balaban J connectivity index is 1.51. The maximum absolute atomic E-state index is 12.5. The summed E-state index contributed by atoms with van der Waals surface area (Å²) in [7, 11) is 1.84. The molecule has 0 unspecified atom stereocenters. The summed E-state index contributed by atoms with van der Waals surface area (Å²) in [4.78, 5) is 14.3. The third-order valence-corrected chi connectivity index (χ3v) is 5.37. The van der Waals surface area contributed by atoms with Gasteiger partial charge in [0.25, 0.3) is 0 Å². The van der Waals surface area contributed by atoms with E-state index in [-0.39, 0.29) is 6.03 Å². The molecule has 2 heterocycles. The van der Waals surface area contributed by atoms with Crippen LogP contribution in [0.3, 0.4) is 0 Å². The highest BCUT2D eigenvalue weighted by molar-refractivity contribution is 5.88. The number of anilines is 1. The van der Waals surface area contributed by atoms with Gasteiger partial charge < -0.3 is 4.90 Å². The Morgan fingerprint density at radius 1 is 1.35 bits per heavy atom. The Morgan fingerprint density at radius 2 is 2.12 bits per heavy atom. The average molecular weight is 358 g/mol. The first-order valence-corrected chi connectivity index (χ1v) is 9.62. The molecule has 2 amide bonds. The Bertz CT molecular complexity index is 709. The van der Waals surface area contributed by atoms with Gasteiger partial charge in [0.15, 0.2) is 0 Å². The zero-order valence-electron chi connectivity index (χ0n) is 16.1. The molecule has 0 radical (unpaired) electrons. The van der Waals surface area contributed by atoms with Crippen molar-refractivity contribution in [3.63, 3.8) is 0 Å². The molecule has 1 aliphatic carbocycles. The van der Waals surface area contributed by atoms with E-state index in [4.69, 9.17) is 0 Å². The number of carbonyl (C=O) groups is 1. The van der Waals surface area contributed by atoms with E-state index in [2.05, 4.69) is 20.6 Å². The molecule has 0 bridgehead atoms. The molecule has 0 atom stereocenters. The maximum atomic E-state index is 12.5. The first kappa shape index (κ1) is 18.5. The number of amides is 2. The van der Waals surface area contributed by atoms with Gasteiger partial charge in [-0.3, -0.25) is 10.4 Å². The van der Waals surface area contributed by atoms with Crippen molar-refractivity contribution in [2.45, 2.75) is 64.8 Å². The van der Waals surface area contributed by atoms with E-state index in [1.54, 1.807) is 11.1 Å². The SMILES string of the molecule is Cc1n[nH]c(C)c1CCCN(C)C(=O)Nc1ccnn1C1CCCCC1. The number of nitrogens with zero attached hydrogens (tertiary/aromatic N) is 4. The van der Waals surface area contributed by atoms with Gasteiger partial charge in [0.2, 0.25) is 0 Å². The van der Waals surface area contributed by atoms with Crippen molar-refractivity contribution < 1.29 is 4.79 Å². The van der Waals surface area contributed by atoms with Gasteiger partial charge in [0.1, 0.15) is 5.82 Å². The van der Waals surface area contributed by atoms with Crippen LogP contribution in [-0.2, 0) is 6.42 Å². The molecule has 7 nitrogen and oxygen atoms in total. The highest BCUT2D eigenvalue weighted by atomic mass is 16.2. The zero-order chi connectivity index (χ0) is 18.5. The number of hydrogen-bond donors (Lipinski definition) is 2. The van der Waals surface area contributed by atoms with Crippen molar-refractivity contribution in [2.24, 2.45) is 0 Å². The number of urea groups is 1. The normalized spacial score (nSPS) is 15.2. The van der Waals surface area contributed by atoms with Gasteiger partial charge in [-0.25, -0.2) is 9.48 Å². The molecule has 2 aromatic rings. The van der Waals surface area contributed by atoms with Crippen molar-refractivity contribution >= 4 is 11.8 Å². The monoisotopic (exact) mass is 358 g/mol. The molecule has 0 saturated heterocycles. The average Bonchev–Trinajstić information content (AvgIpc) is 3.23. The molecule has 142 valence electrons. The topological polar surface area (TPSA) is 78.8 Å². The third-order valence-electron chi connectivity index (χ3n) is 5.37. The Kier molecular flexibility index (Phi) is 5.96. The standard InChI is InChI=1S/C19H30N6O/c1-14-17(15(2)23-22-14)10-7-13-24(3)19(26)21-18-11-12-20-25(18)16-8-5-4-6-9-16/h11-12,16H,4-10,13H2,1-3H3,(H,21,26)(H,22,23). The molecule has 1 saturated carbocycles. The predicted molar refractivity (Wildman–Crippen MR) is 102 cm³/mol. The fraction of sp³-hybridized carbons (Fsp3) is 0.632. The zero-order valence-corrected chi connectivity index (χ0v) is 16.1. The summed E-state index contributed by atoms with van der Waals surface area (Å²) < 4.78 is 1.99. The van der Waals surface area contributed by atoms with E-state index < -0.39 is 0 Å². The van der Waals surface area contributed by atoms with Gasteiger partial charge in [-0.05, 0) is 45.1 Å². The second-order valence-electron chi connectivity index (χ2n) is 7.32. The lowest BCUT2D eigenvalue weighted by Gasteiger charge is -2.25. The van der Waals surface area contributed by atoms with E-state index >= 15 is 0 Å². The smallest absolute Gasteiger partial charge is 0.322 e. The lowest BCUT2D eigenvalue weighted by Crippen LogP contribution is -2.33. The molecular weight excluding hydrogens is 328 g/mol. The van der Waals surface area contributed by atoms with Crippen LogP contribution in [0.25, 0.3) is 0 Å². The number of aromatic nitrogens is 4. The van der Waals surface area contributed by atoms with Gasteiger partial charge in [-0.1, -0.05) is 19.3 Å². The number of aromatic amines is 1. The number of carbonyl (C=O) groups excluding carboxylic acids is 1. The summed E-state index contributed by atoms with van der Waals surface area (Å²) in [6.07, 6.45) is 9.67. The van der Waals surface area contributed by atoms with Crippen LogP contribution in [0.1, 0.15) is 61.5 Å². The molecule has 26 heavy (non-hydrogen) atoms. The summed E-state index contributed by atoms with van der Waals surface area (Å²) in [5.74, 6) is 0.801. The van der Waals surface area contributed by atoms with Crippen LogP contribution >= 0.6 is 0 Å². The van der Waals surface area contributed by atoms with Gasteiger partial charge in [0.05, 0.1) is 17.9 Å². The molecule has 7 heteroatoms. The van der Waals surface area contributed by atoms with Crippen LogP contribution < -0.4 is 5.32 Å². The molecule has 0 aliphatic heterocycles. The van der Waals surface area contributed by atoms with Crippen molar-refractivity contribution in [1.29, 1.82) is 0 Å². The van der Waals surface area contributed by atoms with Crippen molar-refractivity contribution in [2.75, 3.05) is 18.9 Å². The quantitative estimate of drug-likeness (QED) is 0.824. The molecule has 1 aliphatic rings. The van der Waals surface area contributed by atoms with E-state index in [0.717, 1.165) is 42.9 Å². The first-order chi connectivity index (χ1) is 12.6. The third kappa shape index (κ3) is 4.26. The van der Waals surface area contributed by atoms with Crippen LogP contribution in [0, 0.1) is 13.8 Å². The molecule has 2 N–H and O–H groups in total. The highest BCUT2D eigenvalue weighted by Crippen LogP contribution is 2.29. The van der Waals surface area contributed by atoms with E-state index in [1.807, 2.05) is 31.6 Å². The van der Waals surface area contributed by atoms with E-state index in [9.17, 15) is 4.79 Å². The van der Waals surface area contributed by atoms with Crippen LogP contribution in [0.4, 0.5) is 10.6 Å². The largest absolute Gasteiger partial charge is 0.328 e. The van der Waals surface area contributed by atoms with Gasteiger partial charge >= 0.3 is 6.03 Å². The fourth-order valence-corrected chi connectivity index (χ4v) is 3.77. The molecular formula is C19H30N6O. The molecule has 1 fully saturated rings. The van der Waals surface area contributed by atoms with Gasteiger partial charge in [-0.2, -0.15) is 10.2 Å². The number of hydrogen-bond acceptors (Lipinski definition) is 3. The highest BCUT2D eigenvalue weighted by Gasteiger charge is 2.20. The number of aryl methyl sites for hydroxylation is 2. The van der Waals surface area contributed by atoms with Crippen molar-refractivity contribution in [3.8, 4) is 0 Å². The minimum absolute atomic E-state index is 0.0804. The molecule has 3 rings (SSSR count). The van der Waals surface area contributed by atoms with Crippen LogP contribution in [0.5, 0.6) is 0 Å². The van der Waals surface area contributed by atoms with Gasteiger partial charge in [-0.15, -0.1) is 0 Å². The van der Waals surface area contributed by atoms with Crippen molar-refractivity contribution in [1.82, 2.24) is 24.9 Å². The number of H-pyrrole nitrogens is 1. The Hall–Kier alpha value is -2.31. The van der Waals surface area contributed by atoms with Crippen LogP contribution in [0.15, 0.2) is 12.3 Å². The Labute approximate surface area is 155 Å². The van der Waals surface area contributed by atoms with Crippen LogP contribution in [0.2, 0.25) is 0 Å². The summed E-state index contributed by atoms with van der Waals surface area (Å²) >= 11 is 0. The summed E-state index contributed by atoms with van der Waals surface area (Å²) in [5.41, 5.74) is 3.42. The van der Waals surface area contributed by atoms with E-state index in [0.29, 0.717) is 12.6 Å².